The second-order valence-corrected chi connectivity index (χ2v) is 6.33. The summed E-state index contributed by atoms with van der Waals surface area (Å²) in [6, 6.07) is 12.2. The molecule has 0 amide bonds. The maximum Gasteiger partial charge on any atom is 0.227 e. The summed E-state index contributed by atoms with van der Waals surface area (Å²) in [7, 11) is 0. The van der Waals surface area contributed by atoms with E-state index in [1.165, 1.54) is 0 Å². The van der Waals surface area contributed by atoms with Crippen molar-refractivity contribution in [1.82, 2.24) is 4.98 Å². The van der Waals surface area contributed by atoms with Crippen LogP contribution in [-0.4, -0.2) is 16.8 Å². The van der Waals surface area contributed by atoms with Crippen LogP contribution in [0.1, 0.15) is 43.1 Å². The highest BCUT2D eigenvalue weighted by atomic mass is 16.3. The van der Waals surface area contributed by atoms with Gasteiger partial charge in [0.25, 0.3) is 0 Å². The number of fused-ring (bicyclic) bond motifs is 2. The first kappa shape index (κ1) is 14.9. The molecule has 2 aromatic heterocycles. The molecule has 4 heteroatoms. The molecule has 0 fully saturated rings. The Morgan fingerprint density at radius 2 is 2.08 bits per heavy atom. The number of pyridine rings is 1. The third-order valence-corrected chi connectivity index (χ3v) is 4.63. The fourth-order valence-electron chi connectivity index (χ4n) is 3.44. The van der Waals surface area contributed by atoms with Crippen LogP contribution < -0.4 is 5.32 Å². The second kappa shape index (κ2) is 6.11. The highest BCUT2D eigenvalue weighted by molar-refractivity contribution is 6.11. The topological polar surface area (TPSA) is 55.1 Å². The van der Waals surface area contributed by atoms with Crippen LogP contribution in [0.2, 0.25) is 0 Å². The molecule has 1 aliphatic rings. The second-order valence-electron chi connectivity index (χ2n) is 6.33. The summed E-state index contributed by atoms with van der Waals surface area (Å²) < 4.78 is 5.50. The van der Waals surface area contributed by atoms with E-state index in [1.54, 1.807) is 6.26 Å². The molecule has 4 rings (SSSR count). The van der Waals surface area contributed by atoms with Gasteiger partial charge in [-0.1, -0.05) is 50.1 Å². The van der Waals surface area contributed by atoms with Crippen LogP contribution in [-0.2, 0) is 0 Å². The number of nitrogens with one attached hydrogen (secondary N) is 1. The third-order valence-electron chi connectivity index (χ3n) is 4.63. The number of furan rings is 1. The summed E-state index contributed by atoms with van der Waals surface area (Å²) in [6.07, 6.45) is 5.38. The summed E-state index contributed by atoms with van der Waals surface area (Å²) in [5.74, 6) is 0.0975. The summed E-state index contributed by atoms with van der Waals surface area (Å²) in [6.45, 7) is 2.17. The lowest BCUT2D eigenvalue weighted by atomic mass is 9.92. The molecule has 0 spiro atoms. The van der Waals surface area contributed by atoms with E-state index < -0.39 is 0 Å². The van der Waals surface area contributed by atoms with Crippen molar-refractivity contribution in [2.24, 2.45) is 0 Å². The smallest absolute Gasteiger partial charge is 0.227 e. The van der Waals surface area contributed by atoms with Gasteiger partial charge in [-0.3, -0.25) is 4.79 Å². The average Bonchev–Trinajstić information content (AvgIpc) is 3.07. The first-order chi connectivity index (χ1) is 11.8. The first-order valence-electron chi connectivity index (χ1n) is 8.54. The Kier molecular flexibility index (Phi) is 3.81. The molecule has 1 atom stereocenters. The van der Waals surface area contributed by atoms with Crippen molar-refractivity contribution in [2.45, 2.75) is 38.6 Å². The predicted molar refractivity (Wildman–Crippen MR) is 95.3 cm³/mol. The molecule has 0 saturated carbocycles. The van der Waals surface area contributed by atoms with Crippen molar-refractivity contribution >= 4 is 22.6 Å². The number of unbranched alkanes of at least 4 members (excludes halogenated alkanes) is 1. The first-order valence-corrected chi connectivity index (χ1v) is 8.54. The monoisotopic (exact) mass is 320 g/mol. The standard InChI is InChI=1S/C20H20N2O2/c1-2-3-9-14-12-16(23)18-19(21-14)17(13-7-5-4-6-8-13)15-10-11-24-20(15)22-18/h4-8,10-11,14,21H,2-3,9,12H2,1H3. The Hall–Kier alpha value is -2.62. The number of benzene rings is 1. The Morgan fingerprint density at radius 1 is 1.25 bits per heavy atom. The van der Waals surface area contributed by atoms with E-state index in [1.807, 2.05) is 24.3 Å². The third kappa shape index (κ3) is 2.48. The van der Waals surface area contributed by atoms with Gasteiger partial charge in [0.15, 0.2) is 5.78 Å². The lowest BCUT2D eigenvalue weighted by Crippen LogP contribution is -2.30. The Bertz CT molecular complexity index is 883. The fourth-order valence-corrected chi connectivity index (χ4v) is 3.44. The van der Waals surface area contributed by atoms with Gasteiger partial charge in [0.05, 0.1) is 17.3 Å². The van der Waals surface area contributed by atoms with Gasteiger partial charge in [-0.25, -0.2) is 4.98 Å². The number of aromatic nitrogens is 1. The number of carbonyl (C=O) groups is 1. The van der Waals surface area contributed by atoms with Crippen LogP contribution in [0, 0.1) is 0 Å². The molecule has 4 nitrogen and oxygen atoms in total. The van der Waals surface area contributed by atoms with Crippen LogP contribution in [0.5, 0.6) is 0 Å². The van der Waals surface area contributed by atoms with Crippen LogP contribution in [0.4, 0.5) is 5.69 Å². The number of hydrogen-bond acceptors (Lipinski definition) is 4. The number of anilines is 1. The Morgan fingerprint density at radius 3 is 2.88 bits per heavy atom. The molecular formula is C20H20N2O2. The zero-order valence-electron chi connectivity index (χ0n) is 13.7. The van der Waals surface area contributed by atoms with Crippen LogP contribution in [0.3, 0.4) is 0 Å². The normalized spacial score (nSPS) is 16.9. The zero-order valence-corrected chi connectivity index (χ0v) is 13.7. The van der Waals surface area contributed by atoms with Gasteiger partial charge in [-0.15, -0.1) is 0 Å². The minimum absolute atomic E-state index is 0.0975. The maximum atomic E-state index is 12.7. The molecular weight excluding hydrogens is 300 g/mol. The number of carbonyl (C=O) groups excluding carboxylic acids is 1. The van der Waals surface area contributed by atoms with Crippen molar-refractivity contribution in [1.29, 1.82) is 0 Å². The Balaban J connectivity index is 1.90. The predicted octanol–water partition coefficient (Wildman–Crippen LogP) is 5.05. The van der Waals surface area contributed by atoms with Crippen molar-refractivity contribution in [2.75, 3.05) is 5.32 Å². The molecule has 1 N–H and O–H groups in total. The van der Waals surface area contributed by atoms with Crippen LogP contribution >= 0.6 is 0 Å². The van der Waals surface area contributed by atoms with E-state index in [0.29, 0.717) is 17.8 Å². The van der Waals surface area contributed by atoms with Crippen LogP contribution in [0.15, 0.2) is 47.1 Å². The highest BCUT2D eigenvalue weighted by Crippen LogP contribution is 2.40. The van der Waals surface area contributed by atoms with E-state index in [2.05, 4.69) is 29.4 Å². The van der Waals surface area contributed by atoms with E-state index in [-0.39, 0.29) is 11.8 Å². The minimum Gasteiger partial charge on any atom is -0.446 e. The summed E-state index contributed by atoms with van der Waals surface area (Å²) >= 11 is 0. The quantitative estimate of drug-likeness (QED) is 0.730. The lowest BCUT2D eigenvalue weighted by molar-refractivity contribution is 0.0966. The highest BCUT2D eigenvalue weighted by Gasteiger charge is 2.30. The van der Waals surface area contributed by atoms with Gasteiger partial charge in [0.2, 0.25) is 5.71 Å². The van der Waals surface area contributed by atoms with E-state index in [9.17, 15) is 4.79 Å². The van der Waals surface area contributed by atoms with Crippen LogP contribution in [0.25, 0.3) is 22.2 Å². The number of rotatable bonds is 4. The maximum absolute atomic E-state index is 12.7. The van der Waals surface area contributed by atoms with E-state index >= 15 is 0 Å². The van der Waals surface area contributed by atoms with E-state index in [4.69, 9.17) is 4.42 Å². The molecule has 122 valence electrons. The van der Waals surface area contributed by atoms with Gasteiger partial charge < -0.3 is 9.73 Å². The van der Waals surface area contributed by atoms with Crippen molar-refractivity contribution in [3.63, 3.8) is 0 Å². The summed E-state index contributed by atoms with van der Waals surface area (Å²) in [5, 5.41) is 4.53. The van der Waals surface area contributed by atoms with Crippen molar-refractivity contribution < 1.29 is 9.21 Å². The lowest BCUT2D eigenvalue weighted by Gasteiger charge is -2.27. The molecule has 0 aliphatic carbocycles. The minimum atomic E-state index is 0.0975. The van der Waals surface area contributed by atoms with Crippen molar-refractivity contribution in [3.05, 3.63) is 48.4 Å². The molecule has 1 unspecified atom stereocenters. The average molecular weight is 320 g/mol. The molecule has 1 aliphatic heterocycles. The number of ketones is 1. The molecule has 3 aromatic rings. The molecule has 0 bridgehead atoms. The molecule has 24 heavy (non-hydrogen) atoms. The van der Waals surface area contributed by atoms with Gasteiger partial charge >= 0.3 is 0 Å². The summed E-state index contributed by atoms with van der Waals surface area (Å²) in [4.78, 5) is 17.1. The molecule has 0 saturated heterocycles. The molecule has 0 radical (unpaired) electrons. The largest absolute Gasteiger partial charge is 0.446 e. The number of Topliss-reactive ketones (excluding diaryl/α,β-unsaturated/α-hetero) is 1. The number of hydrogen-bond donors (Lipinski definition) is 1. The SMILES string of the molecule is CCCCC1CC(=O)c2nc3occc3c(-c3ccccc3)c2N1. The fraction of sp³-hybridized carbons (Fsp3) is 0.300. The molecule has 3 heterocycles. The number of nitrogens with zero attached hydrogens (tertiary/aromatic N) is 1. The Labute approximate surface area is 140 Å². The van der Waals surface area contributed by atoms with E-state index in [0.717, 1.165) is 41.5 Å². The van der Waals surface area contributed by atoms with Gasteiger partial charge in [0.1, 0.15) is 5.69 Å². The zero-order chi connectivity index (χ0) is 16.5. The van der Waals surface area contributed by atoms with Gasteiger partial charge in [-0.2, -0.15) is 0 Å². The summed E-state index contributed by atoms with van der Waals surface area (Å²) in [5.41, 5.74) is 3.96. The van der Waals surface area contributed by atoms with Gasteiger partial charge in [-0.05, 0) is 18.1 Å². The van der Waals surface area contributed by atoms with Crippen molar-refractivity contribution in [3.8, 4) is 11.1 Å². The van der Waals surface area contributed by atoms with Gasteiger partial charge in [0, 0.05) is 18.0 Å². The molecule has 1 aromatic carbocycles.